The zero-order valence-corrected chi connectivity index (χ0v) is 9.75. The van der Waals surface area contributed by atoms with Crippen molar-refractivity contribution in [1.82, 2.24) is 4.98 Å². The number of aromatic carboxylic acids is 1. The summed E-state index contributed by atoms with van der Waals surface area (Å²) < 4.78 is 6.14. The Hall–Kier alpha value is -1.62. The minimum absolute atomic E-state index is 0.0523. The van der Waals surface area contributed by atoms with Crippen LogP contribution in [0.2, 0.25) is 0 Å². The molecule has 0 bridgehead atoms. The quantitative estimate of drug-likeness (QED) is 0.891. The van der Waals surface area contributed by atoms with Crippen molar-refractivity contribution in [3.05, 3.63) is 23.2 Å². The van der Waals surface area contributed by atoms with Crippen molar-refractivity contribution in [1.29, 1.82) is 0 Å². The lowest BCUT2D eigenvalue weighted by atomic mass is 10.2. The zero-order chi connectivity index (χ0) is 11.7. The Morgan fingerprint density at radius 3 is 2.88 bits per heavy atom. The molecule has 2 rings (SSSR count). The Morgan fingerprint density at radius 2 is 2.25 bits per heavy atom. The number of thiazole rings is 1. The summed E-state index contributed by atoms with van der Waals surface area (Å²) in [5, 5.41) is 9.19. The fourth-order valence-corrected chi connectivity index (χ4v) is 2.28. The van der Waals surface area contributed by atoms with E-state index in [0.717, 1.165) is 0 Å². The number of ether oxygens (including phenoxy) is 1. The molecule has 16 heavy (non-hydrogen) atoms. The molecule has 0 radical (unpaired) electrons. The summed E-state index contributed by atoms with van der Waals surface area (Å²) in [6.07, 6.45) is -0.0523. The van der Waals surface area contributed by atoms with Gasteiger partial charge in [-0.15, -0.1) is 11.3 Å². The Kier molecular flexibility index (Phi) is 2.78. The van der Waals surface area contributed by atoms with Crippen molar-refractivity contribution in [2.24, 2.45) is 0 Å². The van der Waals surface area contributed by atoms with Crippen LogP contribution in [-0.2, 0) is 0 Å². The number of benzene rings is 1. The van der Waals surface area contributed by atoms with Crippen molar-refractivity contribution in [3.63, 3.8) is 0 Å². The number of rotatable bonds is 3. The fourth-order valence-electron chi connectivity index (χ4n) is 1.47. The third kappa shape index (κ3) is 1.86. The number of hydrogen-bond acceptors (Lipinski definition) is 4. The van der Waals surface area contributed by atoms with Crippen LogP contribution < -0.4 is 4.74 Å². The topological polar surface area (TPSA) is 59.4 Å². The molecular weight excluding hydrogens is 226 g/mol. The molecule has 1 aromatic heterocycles. The van der Waals surface area contributed by atoms with E-state index in [1.165, 1.54) is 11.3 Å². The van der Waals surface area contributed by atoms with Gasteiger partial charge < -0.3 is 9.84 Å². The second-order valence-corrected chi connectivity index (χ2v) is 4.47. The first-order valence-corrected chi connectivity index (χ1v) is 5.73. The summed E-state index contributed by atoms with van der Waals surface area (Å²) in [6, 6.07) is 3.43. The number of carboxylic acids is 1. The van der Waals surface area contributed by atoms with Crippen molar-refractivity contribution in [2.45, 2.75) is 20.0 Å². The normalized spacial score (nSPS) is 10.9. The highest BCUT2D eigenvalue weighted by Crippen LogP contribution is 2.30. The van der Waals surface area contributed by atoms with E-state index in [1.807, 2.05) is 13.8 Å². The molecule has 1 aromatic carbocycles. The number of aromatic nitrogens is 1. The maximum atomic E-state index is 11.2. The molecule has 0 fully saturated rings. The third-order valence-corrected chi connectivity index (χ3v) is 2.90. The molecule has 0 saturated heterocycles. The van der Waals surface area contributed by atoms with Crippen molar-refractivity contribution >= 4 is 27.5 Å². The van der Waals surface area contributed by atoms with Crippen LogP contribution in [0.15, 0.2) is 17.6 Å². The summed E-state index contributed by atoms with van der Waals surface area (Å²) in [5.41, 5.74) is 2.53. The smallest absolute Gasteiger partial charge is 0.341 e. The molecule has 0 unspecified atom stereocenters. The van der Waals surface area contributed by atoms with Crippen molar-refractivity contribution < 1.29 is 14.6 Å². The predicted molar refractivity (Wildman–Crippen MR) is 62.3 cm³/mol. The largest absolute Gasteiger partial charge is 0.490 e. The van der Waals surface area contributed by atoms with E-state index in [2.05, 4.69) is 4.98 Å². The van der Waals surface area contributed by atoms with Crippen LogP contribution in [-0.4, -0.2) is 22.2 Å². The third-order valence-electron chi connectivity index (χ3n) is 2.04. The Labute approximate surface area is 96.5 Å². The lowest BCUT2D eigenvalue weighted by Crippen LogP contribution is -2.09. The van der Waals surface area contributed by atoms with Gasteiger partial charge in [-0.2, -0.15) is 0 Å². The second kappa shape index (κ2) is 4.09. The maximum Gasteiger partial charge on any atom is 0.341 e. The SMILES string of the molecule is CC(C)Oc1ccc2ncsc2c1C(=O)O. The van der Waals surface area contributed by atoms with Gasteiger partial charge in [0.15, 0.2) is 0 Å². The molecule has 0 amide bonds. The van der Waals surface area contributed by atoms with E-state index < -0.39 is 5.97 Å². The first kappa shape index (κ1) is 10.9. The monoisotopic (exact) mass is 237 g/mol. The Morgan fingerprint density at radius 1 is 1.50 bits per heavy atom. The molecule has 0 spiro atoms. The molecular formula is C11H11NO3S. The Balaban J connectivity index is 2.63. The summed E-state index contributed by atoms with van der Waals surface area (Å²) in [5.74, 6) is -0.579. The first-order chi connectivity index (χ1) is 7.59. The van der Waals surface area contributed by atoms with Crippen LogP contribution in [0.25, 0.3) is 10.2 Å². The molecule has 0 atom stereocenters. The minimum atomic E-state index is -0.981. The summed E-state index contributed by atoms with van der Waals surface area (Å²) in [4.78, 5) is 15.3. The minimum Gasteiger partial charge on any atom is -0.490 e. The van der Waals surface area contributed by atoms with E-state index in [1.54, 1.807) is 17.6 Å². The van der Waals surface area contributed by atoms with E-state index in [9.17, 15) is 9.90 Å². The van der Waals surface area contributed by atoms with Crippen LogP contribution in [0, 0.1) is 0 Å². The van der Waals surface area contributed by atoms with Gasteiger partial charge in [-0.05, 0) is 26.0 Å². The molecule has 0 aliphatic carbocycles. The van der Waals surface area contributed by atoms with E-state index in [-0.39, 0.29) is 11.7 Å². The highest BCUT2D eigenvalue weighted by molar-refractivity contribution is 7.17. The standard InChI is InChI=1S/C11H11NO3S/c1-6(2)15-8-4-3-7-10(16-5-12-7)9(8)11(13)14/h3-6H,1-2H3,(H,13,14). The van der Waals surface area contributed by atoms with Gasteiger partial charge in [-0.3, -0.25) is 0 Å². The van der Waals surface area contributed by atoms with Crippen LogP contribution >= 0.6 is 11.3 Å². The fraction of sp³-hybridized carbons (Fsp3) is 0.273. The summed E-state index contributed by atoms with van der Waals surface area (Å²) in [7, 11) is 0. The highest BCUT2D eigenvalue weighted by Gasteiger charge is 2.18. The number of hydrogen-bond donors (Lipinski definition) is 1. The number of carboxylic acid groups (broad SMARTS) is 1. The Bertz CT molecular complexity index is 533. The van der Waals surface area contributed by atoms with Gasteiger partial charge in [0.1, 0.15) is 11.3 Å². The van der Waals surface area contributed by atoms with Gasteiger partial charge in [-0.25, -0.2) is 9.78 Å². The summed E-state index contributed by atoms with van der Waals surface area (Å²) in [6.45, 7) is 3.73. The number of carbonyl (C=O) groups is 1. The predicted octanol–water partition coefficient (Wildman–Crippen LogP) is 2.78. The molecule has 2 aromatic rings. The van der Waals surface area contributed by atoms with Gasteiger partial charge in [-0.1, -0.05) is 0 Å². The molecule has 1 heterocycles. The lowest BCUT2D eigenvalue weighted by molar-refractivity contribution is 0.0693. The molecule has 0 aliphatic rings. The van der Waals surface area contributed by atoms with Gasteiger partial charge in [0.25, 0.3) is 0 Å². The molecule has 1 N–H and O–H groups in total. The van der Waals surface area contributed by atoms with Crippen LogP contribution in [0.4, 0.5) is 0 Å². The molecule has 84 valence electrons. The van der Waals surface area contributed by atoms with Crippen molar-refractivity contribution in [3.8, 4) is 5.75 Å². The molecule has 4 nitrogen and oxygen atoms in total. The summed E-state index contributed by atoms with van der Waals surface area (Å²) >= 11 is 1.31. The zero-order valence-electron chi connectivity index (χ0n) is 8.93. The van der Waals surface area contributed by atoms with Crippen molar-refractivity contribution in [2.75, 3.05) is 0 Å². The van der Waals surface area contributed by atoms with Gasteiger partial charge in [0.05, 0.1) is 21.8 Å². The number of nitrogens with zero attached hydrogens (tertiary/aromatic N) is 1. The molecule has 0 aliphatic heterocycles. The van der Waals surface area contributed by atoms with Gasteiger partial charge in [0, 0.05) is 0 Å². The first-order valence-electron chi connectivity index (χ1n) is 4.85. The van der Waals surface area contributed by atoms with Crippen LogP contribution in [0.5, 0.6) is 5.75 Å². The highest BCUT2D eigenvalue weighted by atomic mass is 32.1. The average Bonchev–Trinajstić information content (AvgIpc) is 2.63. The van der Waals surface area contributed by atoms with E-state index in [4.69, 9.17) is 4.74 Å². The van der Waals surface area contributed by atoms with E-state index in [0.29, 0.717) is 16.0 Å². The second-order valence-electron chi connectivity index (χ2n) is 3.61. The lowest BCUT2D eigenvalue weighted by Gasteiger charge is -2.12. The maximum absolute atomic E-state index is 11.2. The molecule has 5 heteroatoms. The molecule has 0 saturated carbocycles. The van der Waals surface area contributed by atoms with Crippen LogP contribution in [0.3, 0.4) is 0 Å². The van der Waals surface area contributed by atoms with Gasteiger partial charge >= 0.3 is 5.97 Å². The van der Waals surface area contributed by atoms with Crippen LogP contribution in [0.1, 0.15) is 24.2 Å². The van der Waals surface area contributed by atoms with Gasteiger partial charge in [0.2, 0.25) is 0 Å². The van der Waals surface area contributed by atoms with E-state index >= 15 is 0 Å². The number of fused-ring (bicyclic) bond motifs is 1. The average molecular weight is 237 g/mol.